The number of nitrogens with zero attached hydrogens (tertiary/aromatic N) is 3. The summed E-state index contributed by atoms with van der Waals surface area (Å²) < 4.78 is 0. The molecule has 0 aromatic carbocycles. The molecule has 0 aliphatic carbocycles. The van der Waals surface area contributed by atoms with Gasteiger partial charge in [-0.2, -0.15) is 0 Å². The van der Waals surface area contributed by atoms with Gasteiger partial charge >= 0.3 is 0 Å². The van der Waals surface area contributed by atoms with E-state index in [1.54, 1.807) is 0 Å². The average Bonchev–Trinajstić information content (AvgIpc) is 3.13. The van der Waals surface area contributed by atoms with Crippen LogP contribution in [0.15, 0.2) is 11.2 Å². The standard InChI is InChI=1S/C20H37N5S/c1-3-18-17-24-19(26-18)11-13-23-20(21-4-2)22-12-7-5-8-14-25-15-9-6-10-16-25/h17H,3-16H2,1-2H3,(H2,21,22,23). The third kappa shape index (κ3) is 8.49. The minimum Gasteiger partial charge on any atom is -0.357 e. The van der Waals surface area contributed by atoms with Crippen LogP contribution in [0.5, 0.6) is 0 Å². The first-order valence-corrected chi connectivity index (χ1v) is 11.3. The molecule has 0 unspecified atom stereocenters. The molecule has 0 amide bonds. The number of guanidine groups is 1. The summed E-state index contributed by atoms with van der Waals surface area (Å²) in [4.78, 5) is 13.2. The second-order valence-electron chi connectivity index (χ2n) is 6.97. The van der Waals surface area contributed by atoms with Gasteiger partial charge in [-0.3, -0.25) is 4.99 Å². The fourth-order valence-corrected chi connectivity index (χ4v) is 4.12. The highest BCUT2D eigenvalue weighted by molar-refractivity contribution is 7.11. The number of unbranched alkanes of at least 4 members (excludes halogenated alkanes) is 2. The summed E-state index contributed by atoms with van der Waals surface area (Å²) in [5.74, 6) is 0.941. The molecule has 0 saturated carbocycles. The average molecular weight is 380 g/mol. The number of hydrogen-bond acceptors (Lipinski definition) is 4. The van der Waals surface area contributed by atoms with Crippen LogP contribution in [0.3, 0.4) is 0 Å². The zero-order valence-corrected chi connectivity index (χ0v) is 17.5. The van der Waals surface area contributed by atoms with E-state index in [0.29, 0.717) is 0 Å². The van der Waals surface area contributed by atoms with Gasteiger partial charge in [0.05, 0.1) is 5.01 Å². The molecule has 26 heavy (non-hydrogen) atoms. The highest BCUT2D eigenvalue weighted by Crippen LogP contribution is 2.13. The molecule has 5 nitrogen and oxygen atoms in total. The number of rotatable bonds is 11. The van der Waals surface area contributed by atoms with Crippen molar-refractivity contribution in [1.82, 2.24) is 20.5 Å². The van der Waals surface area contributed by atoms with E-state index in [0.717, 1.165) is 38.4 Å². The van der Waals surface area contributed by atoms with Crippen molar-refractivity contribution >= 4 is 17.3 Å². The highest BCUT2D eigenvalue weighted by Gasteiger charge is 2.08. The SMILES string of the molecule is CCNC(=NCCCCCN1CCCCC1)NCCc1ncc(CC)s1. The lowest BCUT2D eigenvalue weighted by Crippen LogP contribution is -2.38. The molecule has 2 heterocycles. The van der Waals surface area contributed by atoms with Gasteiger partial charge < -0.3 is 15.5 Å². The highest BCUT2D eigenvalue weighted by atomic mass is 32.1. The van der Waals surface area contributed by atoms with Gasteiger partial charge in [0.15, 0.2) is 5.96 Å². The van der Waals surface area contributed by atoms with Crippen molar-refractivity contribution in [1.29, 1.82) is 0 Å². The Morgan fingerprint density at radius 2 is 2.00 bits per heavy atom. The number of likely N-dealkylation sites (tertiary alicyclic amines) is 1. The molecular weight excluding hydrogens is 342 g/mol. The molecule has 1 aliphatic rings. The van der Waals surface area contributed by atoms with Gasteiger partial charge in [-0.25, -0.2) is 4.98 Å². The van der Waals surface area contributed by atoms with Crippen LogP contribution in [0.25, 0.3) is 0 Å². The summed E-state index contributed by atoms with van der Waals surface area (Å²) in [5.41, 5.74) is 0. The van der Waals surface area contributed by atoms with Crippen LogP contribution in [-0.2, 0) is 12.8 Å². The monoisotopic (exact) mass is 379 g/mol. The molecule has 1 aliphatic heterocycles. The Hall–Kier alpha value is -1.14. The molecule has 148 valence electrons. The molecule has 2 rings (SSSR count). The Morgan fingerprint density at radius 3 is 2.73 bits per heavy atom. The molecule has 0 atom stereocenters. The number of aromatic nitrogens is 1. The van der Waals surface area contributed by atoms with E-state index < -0.39 is 0 Å². The second kappa shape index (κ2) is 13.1. The molecule has 1 saturated heterocycles. The summed E-state index contributed by atoms with van der Waals surface area (Å²) in [7, 11) is 0. The predicted octanol–water partition coefficient (Wildman–Crippen LogP) is 3.46. The van der Waals surface area contributed by atoms with Gasteiger partial charge in [0, 0.05) is 37.1 Å². The van der Waals surface area contributed by atoms with Crippen LogP contribution in [0, 0.1) is 0 Å². The molecule has 1 aromatic rings. The lowest BCUT2D eigenvalue weighted by Gasteiger charge is -2.26. The van der Waals surface area contributed by atoms with Gasteiger partial charge in [0.2, 0.25) is 0 Å². The molecule has 0 bridgehead atoms. The Kier molecular flexibility index (Phi) is 10.7. The van der Waals surface area contributed by atoms with Gasteiger partial charge in [-0.05, 0) is 58.7 Å². The van der Waals surface area contributed by atoms with Gasteiger partial charge in [0.25, 0.3) is 0 Å². The summed E-state index contributed by atoms with van der Waals surface area (Å²) in [6.45, 7) is 10.9. The van der Waals surface area contributed by atoms with Crippen LogP contribution >= 0.6 is 11.3 Å². The summed E-state index contributed by atoms with van der Waals surface area (Å²) in [5, 5.41) is 7.99. The van der Waals surface area contributed by atoms with Gasteiger partial charge in [-0.15, -0.1) is 11.3 Å². The maximum atomic E-state index is 4.71. The molecule has 2 N–H and O–H groups in total. The van der Waals surface area contributed by atoms with Gasteiger partial charge in [0.1, 0.15) is 0 Å². The second-order valence-corrected chi connectivity index (χ2v) is 8.17. The third-order valence-corrected chi connectivity index (χ3v) is 5.98. The normalized spacial score (nSPS) is 16.0. The maximum Gasteiger partial charge on any atom is 0.191 e. The van der Waals surface area contributed by atoms with E-state index in [2.05, 4.69) is 34.4 Å². The quantitative estimate of drug-likeness (QED) is 0.351. The van der Waals surface area contributed by atoms with Crippen LogP contribution < -0.4 is 10.6 Å². The zero-order valence-electron chi connectivity index (χ0n) is 16.7. The van der Waals surface area contributed by atoms with Crippen molar-refractivity contribution in [2.75, 3.05) is 39.3 Å². The molecule has 0 radical (unpaired) electrons. The first-order chi connectivity index (χ1) is 12.8. The summed E-state index contributed by atoms with van der Waals surface area (Å²) in [6.07, 6.45) is 12.0. The van der Waals surface area contributed by atoms with E-state index in [1.807, 2.05) is 17.5 Å². The van der Waals surface area contributed by atoms with Crippen molar-refractivity contribution in [3.05, 3.63) is 16.1 Å². The number of thiazole rings is 1. The molecule has 1 fully saturated rings. The zero-order chi connectivity index (χ0) is 18.5. The first kappa shape index (κ1) is 21.2. The van der Waals surface area contributed by atoms with Crippen molar-refractivity contribution < 1.29 is 0 Å². The minimum absolute atomic E-state index is 0.886. The maximum absolute atomic E-state index is 4.71. The van der Waals surface area contributed by atoms with Gasteiger partial charge in [-0.1, -0.05) is 19.8 Å². The number of aliphatic imine (C=N–C) groups is 1. The van der Waals surface area contributed by atoms with Crippen molar-refractivity contribution in [2.24, 2.45) is 4.99 Å². The largest absolute Gasteiger partial charge is 0.357 e. The van der Waals surface area contributed by atoms with Crippen molar-refractivity contribution in [3.63, 3.8) is 0 Å². The summed E-state index contributed by atoms with van der Waals surface area (Å²) in [6, 6.07) is 0. The van der Waals surface area contributed by atoms with Crippen LogP contribution in [-0.4, -0.2) is 55.1 Å². The number of piperidine rings is 1. The predicted molar refractivity (Wildman–Crippen MR) is 113 cm³/mol. The Labute approximate surface area is 163 Å². The van der Waals surface area contributed by atoms with E-state index in [4.69, 9.17) is 4.99 Å². The lowest BCUT2D eigenvalue weighted by atomic mass is 10.1. The van der Waals surface area contributed by atoms with E-state index >= 15 is 0 Å². The topological polar surface area (TPSA) is 52.6 Å². The fourth-order valence-electron chi connectivity index (χ4n) is 3.25. The Bertz CT molecular complexity index is 508. The third-order valence-electron chi connectivity index (χ3n) is 4.78. The Morgan fingerprint density at radius 1 is 1.15 bits per heavy atom. The van der Waals surface area contributed by atoms with E-state index in [1.165, 1.54) is 68.0 Å². The van der Waals surface area contributed by atoms with Crippen molar-refractivity contribution in [2.45, 2.75) is 65.2 Å². The number of aryl methyl sites for hydroxylation is 1. The molecular formula is C20H37N5S. The van der Waals surface area contributed by atoms with Crippen LogP contribution in [0.1, 0.15) is 62.3 Å². The smallest absolute Gasteiger partial charge is 0.191 e. The minimum atomic E-state index is 0.886. The van der Waals surface area contributed by atoms with E-state index in [9.17, 15) is 0 Å². The first-order valence-electron chi connectivity index (χ1n) is 10.5. The summed E-state index contributed by atoms with van der Waals surface area (Å²) >= 11 is 1.82. The number of nitrogens with one attached hydrogen (secondary N) is 2. The Balaban J connectivity index is 1.57. The molecule has 1 aromatic heterocycles. The lowest BCUT2D eigenvalue weighted by molar-refractivity contribution is 0.224. The van der Waals surface area contributed by atoms with E-state index in [-0.39, 0.29) is 0 Å². The molecule has 6 heteroatoms. The number of hydrogen-bond donors (Lipinski definition) is 2. The van der Waals surface area contributed by atoms with Crippen LogP contribution in [0.2, 0.25) is 0 Å². The van der Waals surface area contributed by atoms with Crippen molar-refractivity contribution in [3.8, 4) is 0 Å². The fraction of sp³-hybridized carbons (Fsp3) is 0.800. The molecule has 0 spiro atoms. The van der Waals surface area contributed by atoms with Crippen LogP contribution in [0.4, 0.5) is 0 Å².